The maximum Gasteiger partial charge on any atom is 0.256 e. The Labute approximate surface area is 229 Å². The molecule has 1 saturated heterocycles. The first-order valence-electron chi connectivity index (χ1n) is 13.8. The minimum atomic E-state index is 0.0301. The van der Waals surface area contributed by atoms with E-state index in [0.717, 1.165) is 53.5 Å². The van der Waals surface area contributed by atoms with Gasteiger partial charge in [0.05, 0.1) is 5.56 Å². The molecule has 2 unspecified atom stereocenters. The minimum absolute atomic E-state index is 0.0301. The summed E-state index contributed by atoms with van der Waals surface area (Å²) in [6.45, 7) is 4.20. The topological polar surface area (TPSA) is 61.7 Å². The lowest BCUT2D eigenvalue weighted by atomic mass is 10.1. The molecule has 6 rings (SSSR count). The van der Waals surface area contributed by atoms with Gasteiger partial charge in [-0.2, -0.15) is 0 Å². The fraction of sp³-hybridized carbons (Fsp3) is 0.344. The Hall–Kier alpha value is -3.97. The van der Waals surface area contributed by atoms with Crippen molar-refractivity contribution in [2.75, 3.05) is 18.0 Å². The monoisotopic (exact) mass is 521 g/mol. The van der Waals surface area contributed by atoms with Gasteiger partial charge >= 0.3 is 0 Å². The van der Waals surface area contributed by atoms with Gasteiger partial charge in [0, 0.05) is 87.4 Å². The van der Waals surface area contributed by atoms with Crippen LogP contribution < -0.4 is 4.90 Å². The zero-order chi connectivity index (χ0) is 26.9. The Morgan fingerprint density at radius 3 is 2.49 bits per heavy atom. The van der Waals surface area contributed by atoms with Gasteiger partial charge in [-0.05, 0) is 54.7 Å². The predicted molar refractivity (Wildman–Crippen MR) is 153 cm³/mol. The predicted octanol–water partition coefficient (Wildman–Crippen LogP) is 5.01. The molecule has 7 heteroatoms. The largest absolute Gasteiger partial charge is 0.350 e. The lowest BCUT2D eigenvalue weighted by molar-refractivity contribution is -0.116. The molecule has 0 aliphatic carbocycles. The number of rotatable bonds is 3. The van der Waals surface area contributed by atoms with E-state index in [9.17, 15) is 9.59 Å². The molecular formula is C32H35N5O2. The van der Waals surface area contributed by atoms with Gasteiger partial charge in [0.25, 0.3) is 5.91 Å². The minimum Gasteiger partial charge on any atom is -0.350 e. The normalized spacial score (nSPS) is 20.1. The zero-order valence-electron chi connectivity index (χ0n) is 22.7. The van der Waals surface area contributed by atoms with Crippen molar-refractivity contribution < 1.29 is 9.59 Å². The summed E-state index contributed by atoms with van der Waals surface area (Å²) in [7, 11) is 1.99. The molecule has 0 radical (unpaired) electrons. The van der Waals surface area contributed by atoms with Gasteiger partial charge in [-0.25, -0.2) is 0 Å². The lowest BCUT2D eigenvalue weighted by Crippen LogP contribution is -2.45. The number of anilines is 1. The molecule has 2 atom stereocenters. The molecule has 4 heterocycles. The van der Waals surface area contributed by atoms with Gasteiger partial charge in [-0.15, -0.1) is 0 Å². The molecule has 2 bridgehead atoms. The number of fused-ring (bicyclic) bond motifs is 4. The van der Waals surface area contributed by atoms with Gasteiger partial charge in [-0.1, -0.05) is 36.4 Å². The molecule has 7 nitrogen and oxygen atoms in total. The van der Waals surface area contributed by atoms with Crippen molar-refractivity contribution in [1.29, 1.82) is 0 Å². The SMILES string of the molecule is CC(=O)N1CCC2CCC(CN(C(=O)c3cn(C)c4ccccc34)Cc3ccccc31)N2Cc1ccncc1. The van der Waals surface area contributed by atoms with Crippen LogP contribution in [0.5, 0.6) is 0 Å². The number of carbonyl (C=O) groups excluding carboxylic acids is 2. The second kappa shape index (κ2) is 10.7. The number of benzene rings is 2. The fourth-order valence-corrected chi connectivity index (χ4v) is 6.47. The van der Waals surface area contributed by atoms with E-state index in [0.29, 0.717) is 25.7 Å². The van der Waals surface area contributed by atoms with E-state index in [1.54, 1.807) is 6.92 Å². The number of amides is 2. The Morgan fingerprint density at radius 1 is 0.923 bits per heavy atom. The second-order valence-corrected chi connectivity index (χ2v) is 10.9. The third-order valence-electron chi connectivity index (χ3n) is 8.44. The van der Waals surface area contributed by atoms with E-state index in [-0.39, 0.29) is 17.9 Å². The van der Waals surface area contributed by atoms with Crippen molar-refractivity contribution in [3.8, 4) is 0 Å². The van der Waals surface area contributed by atoms with E-state index in [1.165, 1.54) is 5.56 Å². The Balaban J connectivity index is 1.42. The Morgan fingerprint density at radius 2 is 1.67 bits per heavy atom. The fourth-order valence-electron chi connectivity index (χ4n) is 6.47. The number of hydrogen-bond donors (Lipinski definition) is 0. The molecule has 2 aliphatic heterocycles. The van der Waals surface area contributed by atoms with Crippen LogP contribution in [0.3, 0.4) is 0 Å². The third-order valence-corrected chi connectivity index (χ3v) is 8.44. The average molecular weight is 522 g/mol. The van der Waals surface area contributed by atoms with Crippen LogP contribution in [-0.4, -0.2) is 56.3 Å². The van der Waals surface area contributed by atoms with Crippen LogP contribution >= 0.6 is 0 Å². The lowest BCUT2D eigenvalue weighted by Gasteiger charge is -2.34. The molecule has 2 amide bonds. The molecule has 0 saturated carbocycles. The van der Waals surface area contributed by atoms with Crippen molar-refractivity contribution in [3.05, 3.63) is 95.9 Å². The molecular weight excluding hydrogens is 486 g/mol. The highest BCUT2D eigenvalue weighted by atomic mass is 16.2. The van der Waals surface area contributed by atoms with Gasteiger partial charge in [0.15, 0.2) is 0 Å². The van der Waals surface area contributed by atoms with E-state index in [4.69, 9.17) is 0 Å². The molecule has 1 fully saturated rings. The van der Waals surface area contributed by atoms with Gasteiger partial charge in [0.2, 0.25) is 5.91 Å². The highest BCUT2D eigenvalue weighted by Gasteiger charge is 2.37. The summed E-state index contributed by atoms with van der Waals surface area (Å²) in [6.07, 6.45) is 8.61. The number of pyridine rings is 1. The van der Waals surface area contributed by atoms with Crippen molar-refractivity contribution in [3.63, 3.8) is 0 Å². The molecule has 0 spiro atoms. The smallest absolute Gasteiger partial charge is 0.256 e. The first-order chi connectivity index (χ1) is 19.0. The number of aryl methyl sites for hydroxylation is 1. The van der Waals surface area contributed by atoms with Crippen LogP contribution in [0.4, 0.5) is 5.69 Å². The molecule has 39 heavy (non-hydrogen) atoms. The van der Waals surface area contributed by atoms with Crippen molar-refractivity contribution in [2.45, 2.75) is 51.4 Å². The Bertz CT molecular complexity index is 1500. The van der Waals surface area contributed by atoms with Crippen molar-refractivity contribution >= 4 is 28.4 Å². The quantitative estimate of drug-likeness (QED) is 0.381. The van der Waals surface area contributed by atoms with Crippen LogP contribution in [0, 0.1) is 0 Å². The van der Waals surface area contributed by atoms with E-state index < -0.39 is 0 Å². The standard InChI is InChI=1S/C32H35N5O2/c1-23(38)36-18-15-26-11-12-27(37(26)19-24-13-16-33-17-14-24)21-35(20-25-7-3-5-9-30(25)36)32(39)29-22-34(2)31-10-6-4-8-28(29)31/h3-10,13-14,16-17,22,26-27H,11-12,15,18-21H2,1-2H3. The van der Waals surface area contributed by atoms with E-state index >= 15 is 0 Å². The number of hydrogen-bond acceptors (Lipinski definition) is 4. The molecule has 200 valence electrons. The van der Waals surface area contributed by atoms with Crippen LogP contribution in [0.2, 0.25) is 0 Å². The second-order valence-electron chi connectivity index (χ2n) is 10.9. The summed E-state index contributed by atoms with van der Waals surface area (Å²) in [5.41, 5.74) is 4.88. The van der Waals surface area contributed by atoms with Gasteiger partial charge in [0.1, 0.15) is 0 Å². The van der Waals surface area contributed by atoms with Gasteiger partial charge in [-0.3, -0.25) is 19.5 Å². The molecule has 4 aromatic rings. The number of carbonyl (C=O) groups is 2. The van der Waals surface area contributed by atoms with E-state index in [1.807, 2.05) is 76.4 Å². The van der Waals surface area contributed by atoms with Crippen LogP contribution in [0.25, 0.3) is 10.9 Å². The molecule has 2 aromatic heterocycles. The zero-order valence-corrected chi connectivity index (χ0v) is 22.7. The van der Waals surface area contributed by atoms with Crippen molar-refractivity contribution in [2.24, 2.45) is 7.05 Å². The highest BCUT2D eigenvalue weighted by molar-refractivity contribution is 6.07. The van der Waals surface area contributed by atoms with Crippen LogP contribution in [-0.2, 0) is 24.9 Å². The van der Waals surface area contributed by atoms with Crippen molar-refractivity contribution in [1.82, 2.24) is 19.4 Å². The first kappa shape index (κ1) is 25.3. The molecule has 2 aliphatic rings. The number of aromatic nitrogens is 2. The maximum absolute atomic E-state index is 14.3. The molecule has 0 N–H and O–H groups in total. The first-order valence-corrected chi connectivity index (χ1v) is 13.8. The maximum atomic E-state index is 14.3. The third kappa shape index (κ3) is 4.94. The summed E-state index contributed by atoms with van der Waals surface area (Å²) in [6, 6.07) is 20.8. The summed E-state index contributed by atoms with van der Waals surface area (Å²) in [4.78, 5) is 37.9. The summed E-state index contributed by atoms with van der Waals surface area (Å²) >= 11 is 0. The highest BCUT2D eigenvalue weighted by Crippen LogP contribution is 2.33. The van der Waals surface area contributed by atoms with Crippen LogP contribution in [0.15, 0.2) is 79.3 Å². The summed E-state index contributed by atoms with van der Waals surface area (Å²) in [5.74, 6) is 0.0615. The summed E-state index contributed by atoms with van der Waals surface area (Å²) in [5, 5.41) is 0.968. The van der Waals surface area contributed by atoms with E-state index in [2.05, 4.69) is 34.1 Å². The number of para-hydroxylation sites is 2. The average Bonchev–Trinajstić information content (AvgIpc) is 3.48. The molecule has 2 aromatic carbocycles. The van der Waals surface area contributed by atoms with Gasteiger partial charge < -0.3 is 14.4 Å². The number of nitrogens with zero attached hydrogens (tertiary/aromatic N) is 5. The van der Waals surface area contributed by atoms with Crippen LogP contribution in [0.1, 0.15) is 47.7 Å². The Kier molecular flexibility index (Phi) is 6.92. The summed E-state index contributed by atoms with van der Waals surface area (Å²) < 4.78 is 2.03.